The van der Waals surface area contributed by atoms with Crippen LogP contribution in [0.5, 0.6) is 0 Å². The quantitative estimate of drug-likeness (QED) is 0.339. The van der Waals surface area contributed by atoms with E-state index in [1.165, 1.54) is 18.3 Å². The number of hydroxylamine groups is 2. The van der Waals surface area contributed by atoms with Gasteiger partial charge < -0.3 is 16.5 Å². The van der Waals surface area contributed by atoms with Crippen molar-refractivity contribution in [1.82, 2.24) is 30.3 Å². The van der Waals surface area contributed by atoms with Crippen LogP contribution in [0.1, 0.15) is 15.3 Å². The number of hydrogen-bond donors (Lipinski definition) is 2. The van der Waals surface area contributed by atoms with Gasteiger partial charge in [-0.3, -0.25) is 15.1 Å². The van der Waals surface area contributed by atoms with Gasteiger partial charge in [0.25, 0.3) is 0 Å². The second-order valence-electron chi connectivity index (χ2n) is 8.45. The standard InChI is InChI=1S/C25H25FN8O3S.Li.H/c1-3-27-24(36)32-25-31-21-20(26)17(12-18(22(21)38-25)19-6-4-5-7-28-19)16-13-29-23(30-14-16)33-8-10-34(11-9-33)37-15(2)35;;/h4-7,12-14H,3,8-11H2,1-2H3,(H2,27,31,32,36);;/q;+1;-1. The van der Waals surface area contributed by atoms with Crippen molar-refractivity contribution < 1.29 is 39.1 Å². The summed E-state index contributed by atoms with van der Waals surface area (Å²) in [5, 5.41) is 7.20. The van der Waals surface area contributed by atoms with Crippen LogP contribution in [0.3, 0.4) is 0 Å². The molecule has 2 N–H and O–H groups in total. The molecule has 4 aromatic rings. The molecule has 3 aromatic heterocycles. The molecular formula is C25H26FLiN8O3S. The maximum absolute atomic E-state index is 15.8. The first-order valence-electron chi connectivity index (χ1n) is 12.0. The number of nitrogens with one attached hydrogen (secondary N) is 2. The third-order valence-electron chi connectivity index (χ3n) is 5.83. The van der Waals surface area contributed by atoms with Gasteiger partial charge >= 0.3 is 30.9 Å². The van der Waals surface area contributed by atoms with Gasteiger partial charge in [-0.2, -0.15) is 0 Å². The van der Waals surface area contributed by atoms with E-state index in [9.17, 15) is 9.59 Å². The number of thiazole rings is 1. The molecule has 1 aliphatic heterocycles. The Morgan fingerprint density at radius 1 is 1.13 bits per heavy atom. The molecule has 1 aromatic carbocycles. The van der Waals surface area contributed by atoms with E-state index in [-0.39, 0.29) is 42.5 Å². The van der Waals surface area contributed by atoms with Crippen molar-refractivity contribution >= 4 is 44.6 Å². The van der Waals surface area contributed by atoms with Crippen molar-refractivity contribution in [3.05, 3.63) is 48.7 Å². The number of piperazine rings is 1. The number of hydrogen-bond acceptors (Lipinski definition) is 10. The van der Waals surface area contributed by atoms with Gasteiger partial charge in [0, 0.05) is 61.8 Å². The minimum absolute atomic E-state index is 0. The van der Waals surface area contributed by atoms with Crippen LogP contribution in [-0.4, -0.2) is 69.7 Å². The Bertz CT molecular complexity index is 1470. The maximum Gasteiger partial charge on any atom is 1.00 e. The Kier molecular flexibility index (Phi) is 9.08. The number of amides is 2. The number of halogens is 1. The summed E-state index contributed by atoms with van der Waals surface area (Å²) < 4.78 is 16.4. The molecule has 0 aliphatic carbocycles. The van der Waals surface area contributed by atoms with Gasteiger partial charge in [-0.05, 0) is 25.1 Å². The van der Waals surface area contributed by atoms with E-state index < -0.39 is 11.8 Å². The molecule has 1 aliphatic rings. The third kappa shape index (κ3) is 6.34. The fraction of sp³-hybridized carbons (Fsp3) is 0.280. The maximum atomic E-state index is 15.8. The molecule has 4 heterocycles. The number of urea groups is 1. The largest absolute Gasteiger partial charge is 1.00 e. The molecule has 1 fully saturated rings. The summed E-state index contributed by atoms with van der Waals surface area (Å²) in [6.45, 7) is 5.84. The summed E-state index contributed by atoms with van der Waals surface area (Å²) in [4.78, 5) is 48.1. The molecule has 0 atom stereocenters. The zero-order chi connectivity index (χ0) is 26.6. The fourth-order valence-electron chi connectivity index (χ4n) is 4.11. The van der Waals surface area contributed by atoms with Crippen molar-refractivity contribution in [3.63, 3.8) is 0 Å². The molecule has 198 valence electrons. The Morgan fingerprint density at radius 3 is 2.51 bits per heavy atom. The summed E-state index contributed by atoms with van der Waals surface area (Å²) in [7, 11) is 0. The van der Waals surface area contributed by atoms with Crippen molar-refractivity contribution in [2.75, 3.05) is 42.9 Å². The summed E-state index contributed by atoms with van der Waals surface area (Å²) >= 11 is 1.18. The third-order valence-corrected chi connectivity index (χ3v) is 6.84. The van der Waals surface area contributed by atoms with Crippen molar-refractivity contribution in [3.8, 4) is 22.4 Å². The fourth-order valence-corrected chi connectivity index (χ4v) is 5.09. The van der Waals surface area contributed by atoms with Crippen LogP contribution in [-0.2, 0) is 9.63 Å². The predicted molar refractivity (Wildman–Crippen MR) is 143 cm³/mol. The predicted octanol–water partition coefficient (Wildman–Crippen LogP) is 0.812. The first-order chi connectivity index (χ1) is 18.4. The summed E-state index contributed by atoms with van der Waals surface area (Å²) in [6.07, 6.45) is 4.82. The Labute approximate surface area is 241 Å². The molecule has 2 amide bonds. The van der Waals surface area contributed by atoms with Gasteiger partial charge in [-0.25, -0.2) is 24.1 Å². The van der Waals surface area contributed by atoms with Crippen LogP contribution >= 0.6 is 11.3 Å². The van der Waals surface area contributed by atoms with Gasteiger partial charge in [0.1, 0.15) is 5.52 Å². The molecule has 0 radical (unpaired) electrons. The van der Waals surface area contributed by atoms with Crippen LogP contribution in [0.15, 0.2) is 42.9 Å². The van der Waals surface area contributed by atoms with Gasteiger partial charge in [-0.15, -0.1) is 5.06 Å². The van der Waals surface area contributed by atoms with Crippen LogP contribution in [0, 0.1) is 5.82 Å². The van der Waals surface area contributed by atoms with E-state index in [2.05, 4.69) is 30.6 Å². The molecule has 5 rings (SSSR count). The van der Waals surface area contributed by atoms with Crippen molar-refractivity contribution in [2.45, 2.75) is 13.8 Å². The zero-order valence-electron chi connectivity index (χ0n) is 22.8. The number of anilines is 2. The number of fused-ring (bicyclic) bond motifs is 1. The van der Waals surface area contributed by atoms with Gasteiger partial charge in [0.05, 0.1) is 23.5 Å². The van der Waals surface area contributed by atoms with Crippen LogP contribution in [0.2, 0.25) is 0 Å². The average molecular weight is 545 g/mol. The first kappa shape index (κ1) is 28.4. The van der Waals surface area contributed by atoms with Crippen molar-refractivity contribution in [1.29, 1.82) is 0 Å². The van der Waals surface area contributed by atoms with Gasteiger partial charge in [0.2, 0.25) is 5.95 Å². The van der Waals surface area contributed by atoms with Crippen molar-refractivity contribution in [2.24, 2.45) is 0 Å². The first-order valence-corrected chi connectivity index (χ1v) is 12.8. The SMILES string of the molecule is CCNC(=O)Nc1nc2c(F)c(-c3cnc(N4CCN(OC(C)=O)CC4)nc3)cc(-c3ccccn3)c2s1.[H-].[Li+]. The molecule has 14 heteroatoms. The number of nitrogens with zero attached hydrogens (tertiary/aromatic N) is 6. The number of pyridine rings is 1. The molecular weight excluding hydrogens is 518 g/mol. The normalized spacial score (nSPS) is 13.6. The Hall–Kier alpha value is -3.63. The summed E-state index contributed by atoms with van der Waals surface area (Å²) in [5.74, 6) is -0.383. The average Bonchev–Trinajstić information content (AvgIpc) is 3.34. The van der Waals surface area contributed by atoms with Gasteiger partial charge in [-0.1, -0.05) is 17.4 Å². The molecule has 0 unspecified atom stereocenters. The molecule has 0 bridgehead atoms. The van der Waals surface area contributed by atoms with E-state index in [4.69, 9.17) is 4.84 Å². The monoisotopic (exact) mass is 544 g/mol. The van der Waals surface area contributed by atoms with E-state index in [1.807, 2.05) is 17.0 Å². The van der Waals surface area contributed by atoms with Crippen LogP contribution in [0.25, 0.3) is 32.6 Å². The molecule has 1 saturated heterocycles. The molecule has 0 spiro atoms. The Balaban J connectivity index is 0.00000220. The van der Waals surface area contributed by atoms with Gasteiger partial charge in [0.15, 0.2) is 10.9 Å². The number of aromatic nitrogens is 4. The minimum atomic E-state index is -0.536. The van der Waals surface area contributed by atoms with Crippen LogP contribution < -0.4 is 34.4 Å². The second kappa shape index (κ2) is 12.5. The topological polar surface area (TPSA) is 125 Å². The number of carbonyl (C=O) groups is 2. The smallest absolute Gasteiger partial charge is 1.00 e. The molecule has 39 heavy (non-hydrogen) atoms. The summed E-state index contributed by atoms with van der Waals surface area (Å²) in [5.41, 5.74) is 2.22. The Morgan fingerprint density at radius 2 is 1.87 bits per heavy atom. The number of carbonyl (C=O) groups excluding carboxylic acids is 2. The summed E-state index contributed by atoms with van der Waals surface area (Å²) in [6, 6.07) is 6.79. The van der Waals surface area contributed by atoms with E-state index >= 15 is 4.39 Å². The van der Waals surface area contributed by atoms with E-state index in [0.717, 1.165) is 0 Å². The van der Waals surface area contributed by atoms with E-state index in [1.54, 1.807) is 42.7 Å². The molecule has 0 saturated carbocycles. The second-order valence-corrected chi connectivity index (χ2v) is 9.45. The van der Waals surface area contributed by atoms with E-state index in [0.29, 0.717) is 60.2 Å². The number of rotatable bonds is 6. The minimum Gasteiger partial charge on any atom is -1.00 e. The molecule has 11 nitrogen and oxygen atoms in total. The van der Waals surface area contributed by atoms with Crippen LogP contribution in [0.4, 0.5) is 20.3 Å². The number of benzene rings is 1. The zero-order valence-corrected chi connectivity index (χ0v) is 22.6.